The average Bonchev–Trinajstić information content (AvgIpc) is 2.61. The molecule has 0 radical (unpaired) electrons. The van der Waals surface area contributed by atoms with Crippen molar-refractivity contribution in [2.24, 2.45) is 0 Å². The van der Waals surface area contributed by atoms with Crippen molar-refractivity contribution in [1.29, 1.82) is 0 Å². The summed E-state index contributed by atoms with van der Waals surface area (Å²) in [5.74, 6) is -0.227. The van der Waals surface area contributed by atoms with Crippen LogP contribution in [0.4, 0.5) is 0 Å². The van der Waals surface area contributed by atoms with Gasteiger partial charge in [-0.25, -0.2) is 9.48 Å². The van der Waals surface area contributed by atoms with Crippen LogP contribution in [0.1, 0.15) is 63.6 Å². The Bertz CT molecular complexity index is 402. The van der Waals surface area contributed by atoms with Gasteiger partial charge in [0.15, 0.2) is 5.69 Å². The molecule has 0 bridgehead atoms. The topological polar surface area (TPSA) is 57.0 Å². The molecule has 0 aliphatic heterocycles. The fourth-order valence-electron chi connectivity index (χ4n) is 1.65. The molecule has 0 aliphatic carbocycles. The van der Waals surface area contributed by atoms with Crippen LogP contribution in [0, 0.1) is 0 Å². The van der Waals surface area contributed by atoms with Gasteiger partial charge in [-0.2, -0.15) is 0 Å². The molecule has 0 saturated heterocycles. The minimum atomic E-state index is -0.397. The van der Waals surface area contributed by atoms with Gasteiger partial charge in [-0.3, -0.25) is 0 Å². The number of hydrogen-bond acceptors (Lipinski definition) is 4. The van der Waals surface area contributed by atoms with E-state index >= 15 is 0 Å². The van der Waals surface area contributed by atoms with Gasteiger partial charge >= 0.3 is 5.97 Å². The predicted octanol–water partition coefficient (Wildman–Crippen LogP) is 2.33. The van der Waals surface area contributed by atoms with E-state index < -0.39 is 5.97 Å². The van der Waals surface area contributed by atoms with E-state index in [1.807, 2.05) is 34.6 Å². The second-order valence-corrected chi connectivity index (χ2v) is 5.28. The third-order valence-corrected chi connectivity index (χ3v) is 2.36. The van der Waals surface area contributed by atoms with Crippen LogP contribution >= 0.6 is 0 Å². The van der Waals surface area contributed by atoms with E-state index in [0.29, 0.717) is 12.3 Å². The highest BCUT2D eigenvalue weighted by Crippen LogP contribution is 2.24. The van der Waals surface area contributed by atoms with Crippen LogP contribution in [0.2, 0.25) is 0 Å². The van der Waals surface area contributed by atoms with E-state index in [1.54, 1.807) is 11.6 Å². The summed E-state index contributed by atoms with van der Waals surface area (Å²) in [6.45, 7) is 12.3. The largest absolute Gasteiger partial charge is 0.461 e. The Kier molecular flexibility index (Phi) is 3.91. The summed E-state index contributed by atoms with van der Waals surface area (Å²) >= 11 is 0. The molecular formula is C12H21N3O2. The van der Waals surface area contributed by atoms with Crippen LogP contribution in [-0.2, 0) is 10.3 Å². The molecule has 0 N–H and O–H groups in total. The number of carbonyl (C=O) groups excluding carboxylic acids is 1. The van der Waals surface area contributed by atoms with Crippen LogP contribution in [0.15, 0.2) is 0 Å². The average molecular weight is 239 g/mol. The minimum absolute atomic E-state index is 0.170. The number of esters is 1. The first-order valence-corrected chi connectivity index (χ1v) is 5.92. The summed E-state index contributed by atoms with van der Waals surface area (Å²) in [5.41, 5.74) is 0.963. The van der Waals surface area contributed by atoms with Crippen molar-refractivity contribution in [2.45, 2.75) is 53.0 Å². The monoisotopic (exact) mass is 239 g/mol. The molecule has 0 saturated carbocycles. The highest BCUT2D eigenvalue weighted by molar-refractivity contribution is 5.88. The molecule has 1 aromatic heterocycles. The van der Waals surface area contributed by atoms with Crippen LogP contribution in [0.5, 0.6) is 0 Å². The molecule has 0 unspecified atom stereocenters. The molecule has 0 spiro atoms. The Morgan fingerprint density at radius 3 is 2.41 bits per heavy atom. The second-order valence-electron chi connectivity index (χ2n) is 5.28. The maximum Gasteiger partial charge on any atom is 0.360 e. The summed E-state index contributed by atoms with van der Waals surface area (Å²) < 4.78 is 6.79. The zero-order chi connectivity index (χ0) is 13.2. The number of hydrogen-bond donors (Lipinski definition) is 0. The van der Waals surface area contributed by atoms with E-state index in [9.17, 15) is 4.79 Å². The summed E-state index contributed by atoms with van der Waals surface area (Å²) in [5, 5.41) is 8.04. The molecule has 0 fully saturated rings. The fraction of sp³-hybridized carbons (Fsp3) is 0.750. The SMILES string of the molecule is CCOC(=O)c1nnn(C(C)(C)C)c1C(C)C. The molecule has 0 aromatic carbocycles. The van der Waals surface area contributed by atoms with Crippen LogP contribution in [0.3, 0.4) is 0 Å². The van der Waals surface area contributed by atoms with Gasteiger partial charge in [0.25, 0.3) is 0 Å². The third kappa shape index (κ3) is 2.84. The number of carbonyl (C=O) groups is 1. The zero-order valence-electron chi connectivity index (χ0n) is 11.4. The lowest BCUT2D eigenvalue weighted by molar-refractivity contribution is 0.0517. The van der Waals surface area contributed by atoms with Crippen molar-refractivity contribution < 1.29 is 9.53 Å². The number of ether oxygens (including phenoxy) is 1. The third-order valence-electron chi connectivity index (χ3n) is 2.36. The molecule has 1 aromatic rings. The van der Waals surface area contributed by atoms with E-state index in [1.165, 1.54) is 0 Å². The van der Waals surface area contributed by atoms with Gasteiger partial charge in [0.2, 0.25) is 0 Å². The van der Waals surface area contributed by atoms with E-state index in [0.717, 1.165) is 5.69 Å². The minimum Gasteiger partial charge on any atom is -0.461 e. The number of rotatable bonds is 3. The van der Waals surface area contributed by atoms with Crippen LogP contribution in [0.25, 0.3) is 0 Å². The van der Waals surface area contributed by atoms with Crippen LogP contribution in [-0.4, -0.2) is 27.6 Å². The molecule has 1 rings (SSSR count). The Morgan fingerprint density at radius 2 is 2.00 bits per heavy atom. The van der Waals surface area contributed by atoms with E-state index in [4.69, 9.17) is 4.74 Å². The standard InChI is InChI=1S/C12H21N3O2/c1-7-17-11(16)9-10(8(2)3)15(14-13-9)12(4,5)6/h8H,7H2,1-6H3. The van der Waals surface area contributed by atoms with Gasteiger partial charge in [-0.1, -0.05) is 19.1 Å². The first kappa shape index (κ1) is 13.7. The first-order valence-electron chi connectivity index (χ1n) is 5.92. The van der Waals surface area contributed by atoms with Crippen molar-refractivity contribution in [3.8, 4) is 0 Å². The Hall–Kier alpha value is -1.39. The smallest absolute Gasteiger partial charge is 0.360 e. The van der Waals surface area contributed by atoms with Gasteiger partial charge < -0.3 is 4.74 Å². The summed E-state index contributed by atoms with van der Waals surface area (Å²) in [6.07, 6.45) is 0. The maximum atomic E-state index is 11.8. The second kappa shape index (κ2) is 4.85. The summed E-state index contributed by atoms with van der Waals surface area (Å²) in [6, 6.07) is 0. The molecule has 5 nitrogen and oxygen atoms in total. The molecule has 0 atom stereocenters. The van der Waals surface area contributed by atoms with E-state index in [2.05, 4.69) is 10.3 Å². The van der Waals surface area contributed by atoms with Gasteiger partial charge in [0, 0.05) is 0 Å². The lowest BCUT2D eigenvalue weighted by Gasteiger charge is -2.23. The van der Waals surface area contributed by atoms with Crippen molar-refractivity contribution in [1.82, 2.24) is 15.0 Å². The molecule has 5 heteroatoms. The quantitative estimate of drug-likeness (QED) is 0.760. The van der Waals surface area contributed by atoms with Crippen molar-refractivity contribution >= 4 is 5.97 Å². The highest BCUT2D eigenvalue weighted by atomic mass is 16.5. The number of nitrogens with zero attached hydrogens (tertiary/aromatic N) is 3. The predicted molar refractivity (Wildman–Crippen MR) is 65.1 cm³/mol. The van der Waals surface area contributed by atoms with Crippen molar-refractivity contribution in [3.63, 3.8) is 0 Å². The molecular weight excluding hydrogens is 218 g/mol. The highest BCUT2D eigenvalue weighted by Gasteiger charge is 2.28. The fourth-order valence-corrected chi connectivity index (χ4v) is 1.65. The Balaban J connectivity index is 3.25. The normalized spacial score (nSPS) is 11.9. The lowest BCUT2D eigenvalue weighted by atomic mass is 10.0. The number of aromatic nitrogens is 3. The van der Waals surface area contributed by atoms with Crippen LogP contribution < -0.4 is 0 Å². The van der Waals surface area contributed by atoms with Gasteiger partial charge in [0.1, 0.15) is 0 Å². The molecule has 0 amide bonds. The molecule has 17 heavy (non-hydrogen) atoms. The summed E-state index contributed by atoms with van der Waals surface area (Å²) in [7, 11) is 0. The van der Waals surface area contributed by atoms with E-state index in [-0.39, 0.29) is 11.5 Å². The lowest BCUT2D eigenvalue weighted by Crippen LogP contribution is -2.26. The van der Waals surface area contributed by atoms with Gasteiger partial charge in [0.05, 0.1) is 17.8 Å². The Morgan fingerprint density at radius 1 is 1.41 bits per heavy atom. The maximum absolute atomic E-state index is 11.8. The van der Waals surface area contributed by atoms with Gasteiger partial charge in [-0.05, 0) is 33.6 Å². The van der Waals surface area contributed by atoms with Gasteiger partial charge in [-0.15, -0.1) is 5.10 Å². The van der Waals surface area contributed by atoms with Crippen molar-refractivity contribution in [3.05, 3.63) is 11.4 Å². The molecule has 96 valence electrons. The summed E-state index contributed by atoms with van der Waals surface area (Å²) in [4.78, 5) is 11.8. The van der Waals surface area contributed by atoms with Crippen molar-refractivity contribution in [2.75, 3.05) is 6.61 Å². The zero-order valence-corrected chi connectivity index (χ0v) is 11.4. The molecule has 0 aliphatic rings. The first-order chi connectivity index (χ1) is 7.79. The Labute approximate surface area is 102 Å². The molecule has 1 heterocycles.